The van der Waals surface area contributed by atoms with Crippen molar-refractivity contribution in [3.63, 3.8) is 0 Å². The van der Waals surface area contributed by atoms with Gasteiger partial charge < -0.3 is 0 Å². The van der Waals surface area contributed by atoms with Gasteiger partial charge in [-0.05, 0) is 25.0 Å². The van der Waals surface area contributed by atoms with Crippen LogP contribution in [0.1, 0.15) is 18.5 Å². The van der Waals surface area contributed by atoms with Gasteiger partial charge in [-0.3, -0.25) is 0 Å². The Balaban J connectivity index is 2.40. The van der Waals surface area contributed by atoms with Crippen LogP contribution >= 0.6 is 11.6 Å². The summed E-state index contributed by atoms with van der Waals surface area (Å²) in [7, 11) is 0. The quantitative estimate of drug-likeness (QED) is 0.411. The molecule has 1 aliphatic rings. The van der Waals surface area contributed by atoms with Gasteiger partial charge in [0.2, 0.25) is 6.08 Å². The molecule has 0 atom stereocenters. The molecule has 0 amide bonds. The number of halogens is 1. The zero-order valence-corrected chi connectivity index (χ0v) is 7.58. The molecule has 0 unspecified atom stereocenters. The predicted molar refractivity (Wildman–Crippen MR) is 48.3 cm³/mol. The number of hydrogen-bond donors (Lipinski definition) is 0. The van der Waals surface area contributed by atoms with E-state index in [-0.39, 0.29) is 0 Å². The smallest absolute Gasteiger partial charge is 0.235 e. The lowest BCUT2D eigenvalue weighted by molar-refractivity contribution is 0.555. The number of aliphatic imine (C=N–C) groups is 1. The Morgan fingerprint density at radius 3 is 2.85 bits per heavy atom. The van der Waals surface area contributed by atoms with Crippen molar-refractivity contribution in [3.05, 3.63) is 29.0 Å². The molecular formula is C9H7ClN2O. The van der Waals surface area contributed by atoms with Crippen LogP contribution in [0.3, 0.4) is 0 Å². The maximum atomic E-state index is 10.2. The van der Waals surface area contributed by atoms with E-state index < -0.39 is 5.54 Å². The van der Waals surface area contributed by atoms with Crippen molar-refractivity contribution in [1.82, 2.24) is 4.98 Å². The Kier molecular flexibility index (Phi) is 1.91. The third-order valence-corrected chi connectivity index (χ3v) is 2.39. The van der Waals surface area contributed by atoms with Crippen LogP contribution < -0.4 is 0 Å². The molecule has 4 heteroatoms. The maximum absolute atomic E-state index is 10.2. The average molecular weight is 195 g/mol. The fourth-order valence-corrected chi connectivity index (χ4v) is 1.46. The first-order valence-electron chi connectivity index (χ1n) is 3.99. The second-order valence-corrected chi connectivity index (χ2v) is 3.47. The lowest BCUT2D eigenvalue weighted by Crippen LogP contribution is -2.04. The van der Waals surface area contributed by atoms with Crippen LogP contribution in [0.4, 0.5) is 0 Å². The van der Waals surface area contributed by atoms with Crippen molar-refractivity contribution in [2.75, 3.05) is 0 Å². The van der Waals surface area contributed by atoms with Gasteiger partial charge in [-0.2, -0.15) is 4.99 Å². The van der Waals surface area contributed by atoms with Crippen LogP contribution in [0.25, 0.3) is 0 Å². The molecule has 1 aliphatic carbocycles. The fourth-order valence-electron chi connectivity index (χ4n) is 1.30. The molecule has 3 nitrogen and oxygen atoms in total. The minimum atomic E-state index is -0.410. The van der Waals surface area contributed by atoms with E-state index in [0.29, 0.717) is 5.15 Å². The summed E-state index contributed by atoms with van der Waals surface area (Å²) >= 11 is 5.73. The van der Waals surface area contributed by atoms with Gasteiger partial charge in [0, 0.05) is 0 Å². The molecule has 1 saturated carbocycles. The summed E-state index contributed by atoms with van der Waals surface area (Å²) in [4.78, 5) is 18.0. The summed E-state index contributed by atoms with van der Waals surface area (Å²) in [6.45, 7) is 0. The third kappa shape index (κ3) is 1.48. The van der Waals surface area contributed by atoms with Gasteiger partial charge in [0.15, 0.2) is 0 Å². The van der Waals surface area contributed by atoms with E-state index in [2.05, 4.69) is 9.98 Å². The fraction of sp³-hybridized carbons (Fsp3) is 0.333. The summed E-state index contributed by atoms with van der Waals surface area (Å²) in [6, 6.07) is 5.34. The zero-order chi connectivity index (χ0) is 9.31. The highest BCUT2D eigenvalue weighted by Crippen LogP contribution is 2.48. The van der Waals surface area contributed by atoms with Gasteiger partial charge in [-0.1, -0.05) is 17.7 Å². The van der Waals surface area contributed by atoms with E-state index in [4.69, 9.17) is 11.6 Å². The lowest BCUT2D eigenvalue weighted by Gasteiger charge is -2.05. The Morgan fingerprint density at radius 2 is 2.31 bits per heavy atom. The Labute approximate surface area is 80.5 Å². The zero-order valence-electron chi connectivity index (χ0n) is 6.83. The van der Waals surface area contributed by atoms with Crippen molar-refractivity contribution in [2.24, 2.45) is 4.99 Å². The molecule has 0 spiro atoms. The number of isocyanates is 1. The number of pyridine rings is 1. The molecule has 0 aromatic carbocycles. The summed E-state index contributed by atoms with van der Waals surface area (Å²) in [5.41, 5.74) is 0.357. The topological polar surface area (TPSA) is 42.3 Å². The van der Waals surface area contributed by atoms with Crippen molar-refractivity contribution in [2.45, 2.75) is 18.4 Å². The second-order valence-electron chi connectivity index (χ2n) is 3.08. The van der Waals surface area contributed by atoms with Gasteiger partial charge in [0.05, 0.1) is 5.69 Å². The van der Waals surface area contributed by atoms with Crippen molar-refractivity contribution >= 4 is 17.7 Å². The van der Waals surface area contributed by atoms with Crippen LogP contribution in [0, 0.1) is 0 Å². The first-order chi connectivity index (χ1) is 6.27. The maximum Gasteiger partial charge on any atom is 0.235 e. The number of hydrogen-bond acceptors (Lipinski definition) is 3. The molecular weight excluding hydrogens is 188 g/mol. The molecule has 0 radical (unpaired) electrons. The molecule has 1 heterocycles. The highest BCUT2D eigenvalue weighted by atomic mass is 35.5. The molecule has 0 bridgehead atoms. The van der Waals surface area contributed by atoms with Crippen LogP contribution in [-0.4, -0.2) is 11.1 Å². The Morgan fingerprint density at radius 1 is 1.54 bits per heavy atom. The standard InChI is InChI=1S/C9H7ClN2O/c10-8-3-1-2-7(12-8)9(4-5-9)11-6-13/h1-3H,4-5H2. The van der Waals surface area contributed by atoms with Gasteiger partial charge in [-0.25, -0.2) is 9.78 Å². The highest BCUT2D eigenvalue weighted by molar-refractivity contribution is 6.29. The van der Waals surface area contributed by atoms with Gasteiger partial charge in [-0.15, -0.1) is 0 Å². The molecule has 0 saturated heterocycles. The summed E-state index contributed by atoms with van der Waals surface area (Å²) in [5, 5.41) is 0.435. The van der Waals surface area contributed by atoms with Gasteiger partial charge in [0.25, 0.3) is 0 Å². The minimum absolute atomic E-state index is 0.410. The Hall–Kier alpha value is -1.18. The molecule has 1 aromatic heterocycles. The average Bonchev–Trinajstić information content (AvgIpc) is 2.86. The van der Waals surface area contributed by atoms with Crippen LogP contribution in [-0.2, 0) is 10.3 Å². The first kappa shape index (κ1) is 8.42. The molecule has 1 fully saturated rings. The van der Waals surface area contributed by atoms with Crippen LogP contribution in [0.15, 0.2) is 23.2 Å². The monoisotopic (exact) mass is 194 g/mol. The first-order valence-corrected chi connectivity index (χ1v) is 4.37. The number of rotatable bonds is 2. The summed E-state index contributed by atoms with van der Waals surface area (Å²) in [5.74, 6) is 0. The van der Waals surface area contributed by atoms with Gasteiger partial charge >= 0.3 is 0 Å². The number of carbonyl (C=O) groups excluding carboxylic acids is 1. The minimum Gasteiger partial charge on any atom is -0.239 e. The molecule has 0 aliphatic heterocycles. The number of nitrogens with zero attached hydrogens (tertiary/aromatic N) is 2. The third-order valence-electron chi connectivity index (χ3n) is 2.18. The predicted octanol–water partition coefficient (Wildman–Crippen LogP) is 2.06. The van der Waals surface area contributed by atoms with E-state index in [1.807, 2.05) is 12.1 Å². The van der Waals surface area contributed by atoms with E-state index >= 15 is 0 Å². The summed E-state index contributed by atoms with van der Waals surface area (Å²) in [6.07, 6.45) is 3.29. The normalized spacial score (nSPS) is 17.6. The van der Waals surface area contributed by atoms with Crippen molar-refractivity contribution in [3.8, 4) is 0 Å². The lowest BCUT2D eigenvalue weighted by atomic mass is 10.2. The van der Waals surface area contributed by atoms with E-state index in [9.17, 15) is 4.79 Å². The van der Waals surface area contributed by atoms with E-state index in [1.54, 1.807) is 12.1 Å². The largest absolute Gasteiger partial charge is 0.239 e. The van der Waals surface area contributed by atoms with Crippen molar-refractivity contribution < 1.29 is 4.79 Å². The van der Waals surface area contributed by atoms with Crippen LogP contribution in [0.2, 0.25) is 5.15 Å². The molecule has 1 aromatic rings. The Bertz CT molecular complexity index is 381. The summed E-state index contributed by atoms with van der Waals surface area (Å²) < 4.78 is 0. The van der Waals surface area contributed by atoms with Crippen LogP contribution in [0.5, 0.6) is 0 Å². The van der Waals surface area contributed by atoms with E-state index in [1.165, 1.54) is 0 Å². The number of aromatic nitrogens is 1. The molecule has 66 valence electrons. The van der Waals surface area contributed by atoms with Gasteiger partial charge in [0.1, 0.15) is 10.7 Å². The highest BCUT2D eigenvalue weighted by Gasteiger charge is 2.46. The molecule has 13 heavy (non-hydrogen) atoms. The van der Waals surface area contributed by atoms with Crippen molar-refractivity contribution in [1.29, 1.82) is 0 Å². The molecule has 0 N–H and O–H groups in total. The second kappa shape index (κ2) is 2.95. The van der Waals surface area contributed by atoms with E-state index in [0.717, 1.165) is 18.5 Å². The SMILES string of the molecule is O=C=NC1(c2cccc(Cl)n2)CC1. The molecule has 2 rings (SSSR count).